The quantitative estimate of drug-likeness (QED) is 0.848. The van der Waals surface area contributed by atoms with E-state index in [9.17, 15) is 4.79 Å². The molecule has 104 valence electrons. The second-order valence-electron chi connectivity index (χ2n) is 5.22. The second kappa shape index (κ2) is 5.92. The first kappa shape index (κ1) is 14.3. The van der Waals surface area contributed by atoms with Crippen LogP contribution in [0.2, 0.25) is 0 Å². The molecule has 0 bridgehead atoms. The zero-order chi connectivity index (χ0) is 14.0. The molecule has 1 heterocycles. The van der Waals surface area contributed by atoms with Crippen molar-refractivity contribution in [3.8, 4) is 0 Å². The molecule has 1 amide bonds. The summed E-state index contributed by atoms with van der Waals surface area (Å²) in [5.74, 6) is 0.0437. The van der Waals surface area contributed by atoms with E-state index < -0.39 is 0 Å². The van der Waals surface area contributed by atoms with E-state index in [-0.39, 0.29) is 5.91 Å². The summed E-state index contributed by atoms with van der Waals surface area (Å²) in [4.78, 5) is 16.6. The van der Waals surface area contributed by atoms with Crippen LogP contribution in [0.1, 0.15) is 23.2 Å². The lowest BCUT2D eigenvalue weighted by atomic mass is 10.0. The summed E-state index contributed by atoms with van der Waals surface area (Å²) < 4.78 is 0.896. The fourth-order valence-electron chi connectivity index (χ4n) is 2.48. The highest BCUT2D eigenvalue weighted by Crippen LogP contribution is 2.22. The number of hydrogen-bond acceptors (Lipinski definition) is 3. The number of nitrogen functional groups attached to an aromatic ring is 1. The number of rotatable bonds is 2. The Morgan fingerprint density at radius 2 is 2.00 bits per heavy atom. The summed E-state index contributed by atoms with van der Waals surface area (Å²) in [6, 6.07) is 6.00. The maximum absolute atomic E-state index is 12.4. The summed E-state index contributed by atoms with van der Waals surface area (Å²) in [7, 11) is 4.18. The highest BCUT2D eigenvalue weighted by molar-refractivity contribution is 9.10. The molecule has 19 heavy (non-hydrogen) atoms. The molecule has 1 aliphatic rings. The van der Waals surface area contributed by atoms with E-state index in [2.05, 4.69) is 34.9 Å². The van der Waals surface area contributed by atoms with Crippen LogP contribution in [0.4, 0.5) is 5.69 Å². The molecule has 1 aromatic rings. The lowest BCUT2D eigenvalue weighted by Gasteiger charge is -2.35. The minimum Gasteiger partial charge on any atom is -0.398 e. The van der Waals surface area contributed by atoms with Crippen LogP contribution < -0.4 is 5.73 Å². The molecule has 1 aromatic carbocycles. The fraction of sp³-hybridized carbons (Fsp3) is 0.500. The molecule has 1 aliphatic heterocycles. The van der Waals surface area contributed by atoms with Crippen LogP contribution >= 0.6 is 15.9 Å². The maximum Gasteiger partial charge on any atom is 0.255 e. The van der Waals surface area contributed by atoms with Crippen LogP contribution in [0, 0.1) is 0 Å². The molecular weight excluding hydrogens is 306 g/mol. The van der Waals surface area contributed by atoms with Crippen LogP contribution in [-0.2, 0) is 0 Å². The lowest BCUT2D eigenvalue weighted by Crippen LogP contribution is -2.44. The van der Waals surface area contributed by atoms with Crippen molar-refractivity contribution in [2.24, 2.45) is 0 Å². The molecule has 0 aliphatic carbocycles. The number of carbonyl (C=O) groups is 1. The Kier molecular flexibility index (Phi) is 4.47. The lowest BCUT2D eigenvalue weighted by molar-refractivity contribution is 0.0664. The van der Waals surface area contributed by atoms with Crippen molar-refractivity contribution in [2.45, 2.75) is 18.9 Å². The van der Waals surface area contributed by atoms with Gasteiger partial charge in [-0.3, -0.25) is 4.79 Å². The number of piperidine rings is 1. The highest BCUT2D eigenvalue weighted by atomic mass is 79.9. The van der Waals surface area contributed by atoms with E-state index in [4.69, 9.17) is 5.73 Å². The molecule has 2 rings (SSSR count). The van der Waals surface area contributed by atoms with Gasteiger partial charge < -0.3 is 15.5 Å². The molecular formula is C14H20BrN3O. The molecule has 0 spiro atoms. The third-order valence-corrected chi connectivity index (χ3v) is 4.22. The maximum atomic E-state index is 12.4. The van der Waals surface area contributed by atoms with E-state index >= 15 is 0 Å². The summed E-state index contributed by atoms with van der Waals surface area (Å²) in [5.41, 5.74) is 7.06. The van der Waals surface area contributed by atoms with Crippen molar-refractivity contribution in [1.29, 1.82) is 0 Å². The van der Waals surface area contributed by atoms with Crippen LogP contribution in [-0.4, -0.2) is 48.9 Å². The Morgan fingerprint density at radius 1 is 1.37 bits per heavy atom. The molecule has 0 atom stereocenters. The van der Waals surface area contributed by atoms with Crippen molar-refractivity contribution in [3.05, 3.63) is 28.2 Å². The van der Waals surface area contributed by atoms with Gasteiger partial charge >= 0.3 is 0 Å². The van der Waals surface area contributed by atoms with Gasteiger partial charge in [0, 0.05) is 29.3 Å². The van der Waals surface area contributed by atoms with Gasteiger partial charge in [0.25, 0.3) is 5.91 Å². The van der Waals surface area contributed by atoms with E-state index in [0.717, 1.165) is 30.4 Å². The fourth-order valence-corrected chi connectivity index (χ4v) is 2.86. The third kappa shape index (κ3) is 3.28. The predicted molar refractivity (Wildman–Crippen MR) is 81.2 cm³/mol. The molecule has 0 saturated carbocycles. The smallest absolute Gasteiger partial charge is 0.255 e. The summed E-state index contributed by atoms with van der Waals surface area (Å²) in [6.45, 7) is 1.61. The van der Waals surface area contributed by atoms with Gasteiger partial charge in [-0.2, -0.15) is 0 Å². The Bertz CT molecular complexity index is 468. The van der Waals surface area contributed by atoms with Crippen molar-refractivity contribution in [3.63, 3.8) is 0 Å². The Hall–Kier alpha value is -1.07. The summed E-state index contributed by atoms with van der Waals surface area (Å²) in [6.07, 6.45) is 2.05. The molecule has 1 saturated heterocycles. The third-order valence-electron chi connectivity index (χ3n) is 3.73. The first-order chi connectivity index (χ1) is 8.99. The Morgan fingerprint density at radius 3 is 2.53 bits per heavy atom. The number of benzene rings is 1. The highest BCUT2D eigenvalue weighted by Gasteiger charge is 2.25. The minimum absolute atomic E-state index is 0.0437. The number of halogens is 1. The van der Waals surface area contributed by atoms with Gasteiger partial charge in [0.15, 0.2) is 0 Å². The molecule has 0 unspecified atom stereocenters. The van der Waals surface area contributed by atoms with Crippen LogP contribution in [0.25, 0.3) is 0 Å². The van der Waals surface area contributed by atoms with Crippen LogP contribution in [0.3, 0.4) is 0 Å². The van der Waals surface area contributed by atoms with Gasteiger partial charge in [-0.25, -0.2) is 0 Å². The number of nitrogens with zero attached hydrogens (tertiary/aromatic N) is 2. The van der Waals surface area contributed by atoms with Crippen LogP contribution in [0.5, 0.6) is 0 Å². The van der Waals surface area contributed by atoms with E-state index in [0.29, 0.717) is 17.3 Å². The number of nitrogens with two attached hydrogens (primary N) is 1. The second-order valence-corrected chi connectivity index (χ2v) is 6.13. The van der Waals surface area contributed by atoms with E-state index in [1.807, 2.05) is 11.0 Å². The van der Waals surface area contributed by atoms with Gasteiger partial charge in [-0.05, 0) is 45.1 Å². The molecule has 4 nitrogen and oxygen atoms in total. The molecule has 2 N–H and O–H groups in total. The number of hydrogen-bond donors (Lipinski definition) is 1. The largest absolute Gasteiger partial charge is 0.398 e. The van der Waals surface area contributed by atoms with Crippen LogP contribution in [0.15, 0.2) is 22.7 Å². The Balaban J connectivity index is 2.05. The molecule has 1 fully saturated rings. The average Bonchev–Trinajstić information content (AvgIpc) is 2.38. The molecule has 0 radical (unpaired) electrons. The monoisotopic (exact) mass is 325 g/mol. The van der Waals surface area contributed by atoms with E-state index in [1.54, 1.807) is 12.1 Å². The van der Waals surface area contributed by atoms with Gasteiger partial charge in [0.05, 0.1) is 5.56 Å². The Labute approximate surface area is 122 Å². The molecule has 0 aromatic heterocycles. The molecule has 5 heteroatoms. The van der Waals surface area contributed by atoms with Crippen molar-refractivity contribution in [1.82, 2.24) is 9.80 Å². The van der Waals surface area contributed by atoms with Crippen molar-refractivity contribution in [2.75, 3.05) is 32.9 Å². The average molecular weight is 326 g/mol. The topological polar surface area (TPSA) is 49.6 Å². The first-order valence-electron chi connectivity index (χ1n) is 6.50. The normalized spacial score (nSPS) is 16.9. The van der Waals surface area contributed by atoms with Gasteiger partial charge in [0.1, 0.15) is 0 Å². The number of amides is 1. The van der Waals surface area contributed by atoms with Gasteiger partial charge in [0.2, 0.25) is 0 Å². The van der Waals surface area contributed by atoms with E-state index in [1.165, 1.54) is 0 Å². The summed E-state index contributed by atoms with van der Waals surface area (Å²) in [5, 5.41) is 0. The minimum atomic E-state index is 0.0437. The number of likely N-dealkylation sites (tertiary alicyclic amines) is 1. The standard InChI is InChI=1S/C14H20BrN3O/c1-17(2)11-5-7-18(8-6-11)14(19)12-4-3-10(15)9-13(12)16/h3-4,9,11H,5-8,16H2,1-2H3. The first-order valence-corrected chi connectivity index (χ1v) is 7.29. The zero-order valence-corrected chi connectivity index (χ0v) is 13.0. The van der Waals surface area contributed by atoms with Crippen molar-refractivity contribution >= 4 is 27.5 Å². The SMILES string of the molecule is CN(C)C1CCN(C(=O)c2ccc(Br)cc2N)CC1. The van der Waals surface area contributed by atoms with Crippen molar-refractivity contribution < 1.29 is 4.79 Å². The number of anilines is 1. The summed E-state index contributed by atoms with van der Waals surface area (Å²) >= 11 is 3.35. The number of carbonyl (C=O) groups excluding carboxylic acids is 1. The van der Waals surface area contributed by atoms with Gasteiger partial charge in [-0.1, -0.05) is 15.9 Å². The zero-order valence-electron chi connectivity index (χ0n) is 11.4. The predicted octanol–water partition coefficient (Wildman–Crippen LogP) is 2.20. The van der Waals surface area contributed by atoms with Gasteiger partial charge in [-0.15, -0.1) is 0 Å².